The number of rotatable bonds is 4. The molecule has 3 nitrogen and oxygen atoms in total. The van der Waals surface area contributed by atoms with E-state index in [1.165, 1.54) is 12.1 Å². The summed E-state index contributed by atoms with van der Waals surface area (Å²) in [6.07, 6.45) is 4.20. The second-order valence-corrected chi connectivity index (χ2v) is 5.08. The zero-order valence-electron chi connectivity index (χ0n) is 12.5. The van der Waals surface area contributed by atoms with Crippen molar-refractivity contribution in [2.24, 2.45) is 0 Å². The average molecular weight is 286 g/mol. The smallest absolute Gasteiger partial charge is 0.254 e. The molecule has 0 aliphatic heterocycles. The van der Waals surface area contributed by atoms with Gasteiger partial charge in [-0.1, -0.05) is 13.0 Å². The Balaban J connectivity index is 2.31. The van der Waals surface area contributed by atoms with Crippen LogP contribution in [0.2, 0.25) is 0 Å². The molecule has 0 N–H and O–H groups in total. The maximum atomic E-state index is 13.4. The van der Waals surface area contributed by atoms with E-state index in [9.17, 15) is 9.18 Å². The van der Waals surface area contributed by atoms with Crippen LogP contribution in [-0.2, 0) is 0 Å². The molecule has 0 aliphatic rings. The number of carbonyl (C=O) groups is 1. The summed E-state index contributed by atoms with van der Waals surface area (Å²) in [7, 11) is 1.75. The van der Waals surface area contributed by atoms with Crippen molar-refractivity contribution in [1.29, 1.82) is 0 Å². The van der Waals surface area contributed by atoms with Crippen molar-refractivity contribution in [3.8, 4) is 0 Å². The molecule has 0 saturated carbocycles. The first-order valence-electron chi connectivity index (χ1n) is 6.97. The van der Waals surface area contributed by atoms with Crippen LogP contribution < -0.4 is 0 Å². The molecule has 1 heterocycles. The van der Waals surface area contributed by atoms with E-state index < -0.39 is 5.82 Å². The van der Waals surface area contributed by atoms with Gasteiger partial charge in [-0.2, -0.15) is 0 Å². The van der Waals surface area contributed by atoms with Gasteiger partial charge in [-0.05, 0) is 48.7 Å². The fourth-order valence-corrected chi connectivity index (χ4v) is 2.47. The van der Waals surface area contributed by atoms with E-state index in [-0.39, 0.29) is 11.9 Å². The molecule has 4 heteroatoms. The second-order valence-electron chi connectivity index (χ2n) is 5.08. The largest absolute Gasteiger partial charge is 0.335 e. The van der Waals surface area contributed by atoms with Crippen LogP contribution in [0.15, 0.2) is 42.7 Å². The van der Waals surface area contributed by atoms with Gasteiger partial charge in [0.2, 0.25) is 0 Å². The van der Waals surface area contributed by atoms with Gasteiger partial charge in [-0.3, -0.25) is 9.78 Å². The zero-order chi connectivity index (χ0) is 15.4. The molecule has 1 aromatic heterocycles. The second kappa shape index (κ2) is 6.48. The monoisotopic (exact) mass is 286 g/mol. The Morgan fingerprint density at radius 2 is 1.95 bits per heavy atom. The molecule has 1 amide bonds. The van der Waals surface area contributed by atoms with Crippen molar-refractivity contribution < 1.29 is 9.18 Å². The standard InChI is InChI=1S/C17H19FN2O/c1-4-16(13-7-9-19-10-8-13)20(3)17(21)15-11-14(18)6-5-12(15)2/h5-11,16H,4H2,1-3H3/t16-/m1/s1. The molecule has 0 fully saturated rings. The topological polar surface area (TPSA) is 33.2 Å². The van der Waals surface area contributed by atoms with Crippen LogP contribution in [0.5, 0.6) is 0 Å². The number of hydrogen-bond donors (Lipinski definition) is 0. The van der Waals surface area contributed by atoms with Crippen LogP contribution in [0.3, 0.4) is 0 Å². The molecule has 0 spiro atoms. The summed E-state index contributed by atoms with van der Waals surface area (Å²) >= 11 is 0. The van der Waals surface area contributed by atoms with E-state index in [1.54, 1.807) is 30.4 Å². The maximum absolute atomic E-state index is 13.4. The molecule has 1 aromatic carbocycles. The Bertz CT molecular complexity index is 628. The molecular weight excluding hydrogens is 267 g/mol. The SMILES string of the molecule is CC[C@H](c1ccncc1)N(C)C(=O)c1cc(F)ccc1C. The van der Waals surface area contributed by atoms with E-state index >= 15 is 0 Å². The van der Waals surface area contributed by atoms with Crippen molar-refractivity contribution >= 4 is 5.91 Å². The number of pyridine rings is 1. The highest BCUT2D eigenvalue weighted by atomic mass is 19.1. The minimum atomic E-state index is -0.394. The Kier molecular flexibility index (Phi) is 4.68. The van der Waals surface area contributed by atoms with Gasteiger partial charge in [0, 0.05) is 25.0 Å². The molecule has 21 heavy (non-hydrogen) atoms. The van der Waals surface area contributed by atoms with Gasteiger partial charge >= 0.3 is 0 Å². The fourth-order valence-electron chi connectivity index (χ4n) is 2.47. The average Bonchev–Trinajstić information content (AvgIpc) is 2.50. The zero-order valence-corrected chi connectivity index (χ0v) is 12.5. The van der Waals surface area contributed by atoms with Gasteiger partial charge in [-0.15, -0.1) is 0 Å². The highest BCUT2D eigenvalue weighted by molar-refractivity contribution is 5.95. The third-order valence-corrected chi connectivity index (χ3v) is 3.70. The Hall–Kier alpha value is -2.23. The molecule has 110 valence electrons. The summed E-state index contributed by atoms with van der Waals surface area (Å²) in [5, 5.41) is 0. The quantitative estimate of drug-likeness (QED) is 0.857. The van der Waals surface area contributed by atoms with Crippen molar-refractivity contribution in [2.75, 3.05) is 7.05 Å². The normalized spacial score (nSPS) is 12.0. The van der Waals surface area contributed by atoms with Crippen LogP contribution in [-0.4, -0.2) is 22.8 Å². The molecular formula is C17H19FN2O. The number of hydrogen-bond acceptors (Lipinski definition) is 2. The van der Waals surface area contributed by atoms with Crippen LogP contribution in [0.4, 0.5) is 4.39 Å². The van der Waals surface area contributed by atoms with Crippen molar-refractivity contribution in [2.45, 2.75) is 26.3 Å². The van der Waals surface area contributed by atoms with E-state index in [1.807, 2.05) is 26.0 Å². The van der Waals surface area contributed by atoms with Crippen LogP contribution in [0.1, 0.15) is 40.9 Å². The number of amides is 1. The number of aryl methyl sites for hydroxylation is 1. The van der Waals surface area contributed by atoms with Crippen LogP contribution in [0.25, 0.3) is 0 Å². The molecule has 0 bridgehead atoms. The van der Waals surface area contributed by atoms with Gasteiger partial charge < -0.3 is 4.90 Å². The predicted molar refractivity (Wildman–Crippen MR) is 80.5 cm³/mol. The van der Waals surface area contributed by atoms with Gasteiger partial charge in [0.25, 0.3) is 5.91 Å². The lowest BCUT2D eigenvalue weighted by atomic mass is 10.0. The van der Waals surface area contributed by atoms with E-state index in [2.05, 4.69) is 4.98 Å². The van der Waals surface area contributed by atoms with Crippen LogP contribution in [0, 0.1) is 12.7 Å². The van der Waals surface area contributed by atoms with Gasteiger partial charge in [0.15, 0.2) is 0 Å². The van der Waals surface area contributed by atoms with Crippen LogP contribution >= 0.6 is 0 Å². The minimum Gasteiger partial charge on any atom is -0.335 e. The Morgan fingerprint density at radius 1 is 1.29 bits per heavy atom. The highest BCUT2D eigenvalue weighted by Gasteiger charge is 2.22. The number of nitrogens with zero attached hydrogens (tertiary/aromatic N) is 2. The summed E-state index contributed by atoms with van der Waals surface area (Å²) in [4.78, 5) is 18.3. The summed E-state index contributed by atoms with van der Waals surface area (Å²) in [5.41, 5.74) is 2.21. The lowest BCUT2D eigenvalue weighted by Crippen LogP contribution is -2.31. The van der Waals surface area contributed by atoms with Crippen molar-refractivity contribution in [3.63, 3.8) is 0 Å². The summed E-state index contributed by atoms with van der Waals surface area (Å²) in [6, 6.07) is 8.04. The van der Waals surface area contributed by atoms with Gasteiger partial charge in [-0.25, -0.2) is 4.39 Å². The number of carbonyl (C=O) groups excluding carboxylic acids is 1. The van der Waals surface area contributed by atoms with E-state index in [0.29, 0.717) is 5.56 Å². The molecule has 0 aliphatic carbocycles. The van der Waals surface area contributed by atoms with E-state index in [4.69, 9.17) is 0 Å². The first kappa shape index (κ1) is 15.2. The lowest BCUT2D eigenvalue weighted by molar-refractivity contribution is 0.0725. The summed E-state index contributed by atoms with van der Waals surface area (Å²) < 4.78 is 13.4. The fraction of sp³-hybridized carbons (Fsp3) is 0.294. The number of benzene rings is 1. The molecule has 2 rings (SSSR count). The number of halogens is 1. The van der Waals surface area contributed by atoms with Gasteiger partial charge in [0.05, 0.1) is 6.04 Å². The van der Waals surface area contributed by atoms with Crippen molar-refractivity contribution in [3.05, 3.63) is 65.2 Å². The first-order chi connectivity index (χ1) is 10.0. The van der Waals surface area contributed by atoms with E-state index in [0.717, 1.165) is 17.5 Å². The molecule has 0 unspecified atom stereocenters. The third-order valence-electron chi connectivity index (χ3n) is 3.70. The molecule has 1 atom stereocenters. The molecule has 0 saturated heterocycles. The summed E-state index contributed by atoms with van der Waals surface area (Å²) in [6.45, 7) is 3.83. The Labute approximate surface area is 124 Å². The van der Waals surface area contributed by atoms with Crippen molar-refractivity contribution in [1.82, 2.24) is 9.88 Å². The third kappa shape index (κ3) is 3.27. The lowest BCUT2D eigenvalue weighted by Gasteiger charge is -2.28. The predicted octanol–water partition coefficient (Wildman–Crippen LogP) is 3.75. The Morgan fingerprint density at radius 3 is 2.57 bits per heavy atom. The summed E-state index contributed by atoms with van der Waals surface area (Å²) in [5.74, 6) is -0.565. The molecule has 2 aromatic rings. The highest BCUT2D eigenvalue weighted by Crippen LogP contribution is 2.25. The number of aromatic nitrogens is 1. The first-order valence-corrected chi connectivity index (χ1v) is 6.97. The molecule has 0 radical (unpaired) electrons. The maximum Gasteiger partial charge on any atom is 0.254 e. The van der Waals surface area contributed by atoms with Gasteiger partial charge in [0.1, 0.15) is 5.82 Å². The minimum absolute atomic E-state index is 0.0526.